The van der Waals surface area contributed by atoms with Crippen LogP contribution in [0.1, 0.15) is 48.1 Å². The van der Waals surface area contributed by atoms with Crippen molar-refractivity contribution in [1.82, 2.24) is 9.97 Å². The van der Waals surface area contributed by atoms with Gasteiger partial charge in [-0.1, -0.05) is 11.2 Å². The number of fused-ring (bicyclic) bond motifs is 1. The first-order valence-corrected chi connectivity index (χ1v) is 10.4. The lowest BCUT2D eigenvalue weighted by Crippen LogP contribution is -2.24. The molecule has 0 amide bonds. The molecule has 2 aromatic heterocycles. The van der Waals surface area contributed by atoms with Crippen molar-refractivity contribution in [1.29, 1.82) is 0 Å². The Bertz CT molecular complexity index is 1160. The minimum atomic E-state index is -1.19. The van der Waals surface area contributed by atoms with Gasteiger partial charge in [0.15, 0.2) is 6.21 Å². The number of pyridine rings is 1. The zero-order chi connectivity index (χ0) is 24.0. The number of hydrogen-bond acceptors (Lipinski definition) is 7. The van der Waals surface area contributed by atoms with Gasteiger partial charge in [0.1, 0.15) is 30.1 Å². The summed E-state index contributed by atoms with van der Waals surface area (Å²) in [5.41, 5.74) is 2.77. The van der Waals surface area contributed by atoms with E-state index >= 15 is 0 Å². The van der Waals surface area contributed by atoms with E-state index in [-0.39, 0.29) is 13.2 Å². The van der Waals surface area contributed by atoms with Gasteiger partial charge >= 0.3 is 11.9 Å². The third kappa shape index (κ3) is 6.31. The van der Waals surface area contributed by atoms with Crippen molar-refractivity contribution >= 4 is 29.1 Å². The number of aromatic amines is 1. The number of oxime groups is 1. The monoisotopic (exact) mass is 453 g/mol. The van der Waals surface area contributed by atoms with Gasteiger partial charge < -0.3 is 24.4 Å². The standard InChI is InChI=1S/C24H27N3O6/c1-15-17(10-12-32-26-13-20(28)29)21-18(27-15)8-9-19(22(21)23(30)33-24(2,3)4)31-14-16-7-5-6-11-25-16/h5-9,11,13,27H,10,12,14H2,1-4H3,(H,28,29). The van der Waals surface area contributed by atoms with Crippen LogP contribution in [-0.2, 0) is 27.4 Å². The molecule has 33 heavy (non-hydrogen) atoms. The number of aromatic nitrogens is 2. The Hall–Kier alpha value is -3.88. The largest absolute Gasteiger partial charge is 0.486 e. The zero-order valence-corrected chi connectivity index (χ0v) is 19.0. The zero-order valence-electron chi connectivity index (χ0n) is 19.0. The van der Waals surface area contributed by atoms with Crippen molar-refractivity contribution in [2.75, 3.05) is 6.61 Å². The van der Waals surface area contributed by atoms with Gasteiger partial charge in [0.2, 0.25) is 0 Å². The molecule has 0 saturated heterocycles. The SMILES string of the molecule is Cc1[nH]c2ccc(OCc3ccccn3)c(C(=O)OC(C)(C)C)c2c1CCON=CC(=O)O. The number of carbonyl (C=O) groups is 2. The topological polar surface area (TPSA) is 123 Å². The lowest BCUT2D eigenvalue weighted by molar-refractivity contribution is -0.129. The van der Waals surface area contributed by atoms with Gasteiger partial charge in [-0.2, -0.15) is 0 Å². The van der Waals surface area contributed by atoms with Crippen LogP contribution >= 0.6 is 0 Å². The van der Waals surface area contributed by atoms with E-state index in [1.807, 2.05) is 31.2 Å². The highest BCUT2D eigenvalue weighted by Crippen LogP contribution is 2.34. The van der Waals surface area contributed by atoms with Gasteiger partial charge in [0.05, 0.1) is 5.69 Å². The summed E-state index contributed by atoms with van der Waals surface area (Å²) >= 11 is 0. The number of benzene rings is 1. The molecule has 0 fully saturated rings. The van der Waals surface area contributed by atoms with Gasteiger partial charge in [-0.15, -0.1) is 0 Å². The van der Waals surface area contributed by atoms with Crippen LogP contribution < -0.4 is 4.74 Å². The summed E-state index contributed by atoms with van der Waals surface area (Å²) < 4.78 is 11.7. The van der Waals surface area contributed by atoms with E-state index < -0.39 is 17.5 Å². The van der Waals surface area contributed by atoms with Crippen LogP contribution in [0.2, 0.25) is 0 Å². The second-order valence-corrected chi connectivity index (χ2v) is 8.36. The molecular weight excluding hydrogens is 426 g/mol. The predicted molar refractivity (Wildman–Crippen MR) is 123 cm³/mol. The Balaban J connectivity index is 1.99. The molecule has 0 spiro atoms. The van der Waals surface area contributed by atoms with Crippen molar-refractivity contribution in [3.8, 4) is 5.75 Å². The molecule has 9 nitrogen and oxygen atoms in total. The maximum atomic E-state index is 13.3. The first kappa shape index (κ1) is 23.8. The van der Waals surface area contributed by atoms with Crippen LogP contribution in [0.3, 0.4) is 0 Å². The van der Waals surface area contributed by atoms with Crippen LogP contribution in [0.5, 0.6) is 5.75 Å². The summed E-state index contributed by atoms with van der Waals surface area (Å²) in [5, 5.41) is 12.7. The summed E-state index contributed by atoms with van der Waals surface area (Å²) in [6.07, 6.45) is 2.75. The number of rotatable bonds is 9. The van der Waals surface area contributed by atoms with E-state index in [2.05, 4.69) is 15.1 Å². The summed E-state index contributed by atoms with van der Waals surface area (Å²) in [5.74, 6) is -1.32. The number of aryl methyl sites for hydroxylation is 1. The minimum Gasteiger partial charge on any atom is -0.486 e. The van der Waals surface area contributed by atoms with Crippen molar-refractivity contribution in [3.05, 3.63) is 59.0 Å². The summed E-state index contributed by atoms with van der Waals surface area (Å²) in [4.78, 5) is 36.4. The number of ether oxygens (including phenoxy) is 2. The number of carboxylic acids is 1. The molecule has 2 heterocycles. The number of aliphatic carboxylic acids is 1. The fourth-order valence-corrected chi connectivity index (χ4v) is 3.35. The third-order valence-electron chi connectivity index (χ3n) is 4.63. The fraction of sp³-hybridized carbons (Fsp3) is 0.333. The Kier molecular flexibility index (Phi) is 7.32. The fourth-order valence-electron chi connectivity index (χ4n) is 3.35. The molecule has 0 aliphatic carbocycles. The highest BCUT2D eigenvalue weighted by atomic mass is 16.6. The van der Waals surface area contributed by atoms with Crippen LogP contribution in [0.15, 0.2) is 41.7 Å². The predicted octanol–water partition coefficient (Wildman–Crippen LogP) is 4.04. The molecule has 0 aliphatic heterocycles. The average molecular weight is 453 g/mol. The molecule has 3 rings (SSSR count). The normalized spacial score (nSPS) is 11.6. The molecule has 3 aromatic rings. The second kappa shape index (κ2) is 10.2. The molecule has 0 aliphatic rings. The molecule has 0 saturated carbocycles. The number of nitrogens with one attached hydrogen (secondary N) is 1. The lowest BCUT2D eigenvalue weighted by Gasteiger charge is -2.21. The second-order valence-electron chi connectivity index (χ2n) is 8.36. The number of H-pyrrole nitrogens is 1. The van der Waals surface area contributed by atoms with Gasteiger partial charge in [-0.05, 0) is 57.5 Å². The number of carbonyl (C=O) groups excluding carboxylic acids is 1. The Morgan fingerprint density at radius 3 is 2.67 bits per heavy atom. The van der Waals surface area contributed by atoms with Crippen LogP contribution in [0.25, 0.3) is 10.9 Å². The van der Waals surface area contributed by atoms with Crippen LogP contribution in [0.4, 0.5) is 0 Å². The van der Waals surface area contributed by atoms with Gasteiger partial charge in [-0.25, -0.2) is 9.59 Å². The van der Waals surface area contributed by atoms with Crippen molar-refractivity contribution in [2.45, 2.75) is 46.3 Å². The minimum absolute atomic E-state index is 0.129. The smallest absolute Gasteiger partial charge is 0.350 e. The number of esters is 1. The van der Waals surface area contributed by atoms with Gasteiger partial charge in [0, 0.05) is 29.2 Å². The van der Waals surface area contributed by atoms with E-state index in [0.717, 1.165) is 22.5 Å². The van der Waals surface area contributed by atoms with Crippen molar-refractivity contribution < 1.29 is 29.0 Å². The number of nitrogens with zero attached hydrogens (tertiary/aromatic N) is 2. The summed E-state index contributed by atoms with van der Waals surface area (Å²) in [7, 11) is 0. The first-order valence-electron chi connectivity index (χ1n) is 10.4. The number of carboxylic acid groups (broad SMARTS) is 1. The molecule has 0 bridgehead atoms. The van der Waals surface area contributed by atoms with Crippen molar-refractivity contribution in [2.24, 2.45) is 5.16 Å². The molecule has 174 valence electrons. The Labute approximate surface area is 191 Å². The van der Waals surface area contributed by atoms with E-state index in [1.165, 1.54) is 0 Å². The quantitative estimate of drug-likeness (QED) is 0.217. The van der Waals surface area contributed by atoms with Crippen LogP contribution in [-0.4, -0.2) is 45.4 Å². The molecule has 1 aromatic carbocycles. The number of hydrogen-bond donors (Lipinski definition) is 2. The Morgan fingerprint density at radius 1 is 1.21 bits per heavy atom. The van der Waals surface area contributed by atoms with E-state index in [9.17, 15) is 9.59 Å². The van der Waals surface area contributed by atoms with Crippen molar-refractivity contribution in [3.63, 3.8) is 0 Å². The highest BCUT2D eigenvalue weighted by Gasteiger charge is 2.26. The van der Waals surface area contributed by atoms with E-state index in [0.29, 0.717) is 29.3 Å². The lowest BCUT2D eigenvalue weighted by atomic mass is 10.0. The maximum absolute atomic E-state index is 13.3. The van der Waals surface area contributed by atoms with Gasteiger partial charge in [0.25, 0.3) is 0 Å². The average Bonchev–Trinajstić information content (AvgIpc) is 3.06. The summed E-state index contributed by atoms with van der Waals surface area (Å²) in [6, 6.07) is 9.10. The molecule has 0 radical (unpaired) electrons. The highest BCUT2D eigenvalue weighted by molar-refractivity contribution is 6.21. The summed E-state index contributed by atoms with van der Waals surface area (Å²) in [6.45, 7) is 7.62. The molecule has 2 N–H and O–H groups in total. The first-order chi connectivity index (χ1) is 15.7. The van der Waals surface area contributed by atoms with E-state index in [1.54, 1.807) is 33.0 Å². The molecule has 0 atom stereocenters. The van der Waals surface area contributed by atoms with Gasteiger partial charge in [-0.3, -0.25) is 4.98 Å². The van der Waals surface area contributed by atoms with Crippen LogP contribution in [0, 0.1) is 6.92 Å². The Morgan fingerprint density at radius 2 is 2.00 bits per heavy atom. The maximum Gasteiger partial charge on any atom is 0.350 e. The van der Waals surface area contributed by atoms with E-state index in [4.69, 9.17) is 19.4 Å². The molecular formula is C24H27N3O6. The molecule has 0 unspecified atom stereocenters. The molecule has 9 heteroatoms. The third-order valence-corrected chi connectivity index (χ3v) is 4.63.